The summed E-state index contributed by atoms with van der Waals surface area (Å²) in [4.78, 5) is 28.4. The van der Waals surface area contributed by atoms with Crippen LogP contribution >= 0.6 is 24.2 Å². The minimum atomic E-state index is -4.06. The Hall–Kier alpha value is -2.80. The maximum Gasteiger partial charge on any atom is 0.321 e. The van der Waals surface area contributed by atoms with Gasteiger partial charge in [0.2, 0.25) is 10.0 Å². The second-order valence-corrected chi connectivity index (χ2v) is 10.5. The average molecular weight is 558 g/mol. The van der Waals surface area contributed by atoms with Crippen LogP contribution in [0.1, 0.15) is 24.4 Å². The average Bonchev–Trinajstić information content (AvgIpc) is 3.45. The number of carboxylic acid groups (broad SMARTS) is 2. The summed E-state index contributed by atoms with van der Waals surface area (Å²) in [5.41, 5.74) is 1.34. The molecule has 2 atom stereocenters. The highest BCUT2D eigenvalue weighted by molar-refractivity contribution is 8.14. The lowest BCUT2D eigenvalue weighted by Crippen LogP contribution is -2.41. The van der Waals surface area contributed by atoms with Gasteiger partial charge in [-0.15, -0.1) is 12.4 Å². The van der Waals surface area contributed by atoms with Gasteiger partial charge < -0.3 is 19.8 Å². The summed E-state index contributed by atoms with van der Waals surface area (Å²) in [5.74, 6) is -0.979. The minimum Gasteiger partial charge on any atom is -0.497 e. The first-order valence-electron chi connectivity index (χ1n) is 10.8. The van der Waals surface area contributed by atoms with Crippen LogP contribution in [0.15, 0.2) is 64.5 Å². The molecule has 3 N–H and O–H groups in total. The number of amidine groups is 1. The van der Waals surface area contributed by atoms with Gasteiger partial charge in [0, 0.05) is 25.3 Å². The van der Waals surface area contributed by atoms with E-state index < -0.39 is 34.4 Å². The van der Waals surface area contributed by atoms with Gasteiger partial charge in [-0.3, -0.25) is 14.6 Å². The summed E-state index contributed by atoms with van der Waals surface area (Å²) in [5, 5.41) is 18.7. The van der Waals surface area contributed by atoms with Crippen LogP contribution in [-0.4, -0.2) is 72.6 Å². The van der Waals surface area contributed by atoms with Gasteiger partial charge in [-0.05, 0) is 36.2 Å². The predicted octanol–water partition coefficient (Wildman–Crippen LogP) is 2.86. The molecule has 2 aliphatic heterocycles. The van der Waals surface area contributed by atoms with Crippen LogP contribution in [0.3, 0.4) is 0 Å². The summed E-state index contributed by atoms with van der Waals surface area (Å²) in [7, 11) is -2.63. The van der Waals surface area contributed by atoms with E-state index >= 15 is 0 Å². The van der Waals surface area contributed by atoms with Crippen LogP contribution in [0.5, 0.6) is 5.75 Å². The molecular formula is C23H28ClN3O7S2. The predicted molar refractivity (Wildman–Crippen MR) is 140 cm³/mol. The summed E-state index contributed by atoms with van der Waals surface area (Å²) >= 11 is 1.89. The number of hydrogen-bond acceptors (Lipinski definition) is 8. The van der Waals surface area contributed by atoms with E-state index in [1.807, 2.05) is 16.5 Å². The molecule has 2 aromatic carbocycles. The Morgan fingerprint density at radius 2 is 1.83 bits per heavy atom. The first kappa shape index (κ1) is 29.4. The van der Waals surface area contributed by atoms with E-state index in [-0.39, 0.29) is 23.7 Å². The van der Waals surface area contributed by atoms with Crippen molar-refractivity contribution in [3.63, 3.8) is 0 Å². The van der Waals surface area contributed by atoms with Crippen molar-refractivity contribution in [1.29, 1.82) is 0 Å². The van der Waals surface area contributed by atoms with Gasteiger partial charge in [-0.1, -0.05) is 42.1 Å². The lowest BCUT2D eigenvalue weighted by molar-refractivity contribution is -0.140. The zero-order valence-corrected chi connectivity index (χ0v) is 21.9. The number of benzene rings is 2. The van der Waals surface area contributed by atoms with E-state index in [2.05, 4.69) is 35.2 Å². The van der Waals surface area contributed by atoms with Crippen LogP contribution in [0, 0.1) is 0 Å². The van der Waals surface area contributed by atoms with Crippen molar-refractivity contribution in [2.24, 2.45) is 4.99 Å². The molecule has 0 saturated carbocycles. The van der Waals surface area contributed by atoms with E-state index in [0.29, 0.717) is 11.8 Å². The zero-order valence-electron chi connectivity index (χ0n) is 19.4. The minimum absolute atomic E-state index is 0. The van der Waals surface area contributed by atoms with E-state index in [1.165, 1.54) is 54.4 Å². The molecule has 13 heteroatoms. The third-order valence-electron chi connectivity index (χ3n) is 5.32. The molecule has 36 heavy (non-hydrogen) atoms. The molecule has 4 rings (SSSR count). The van der Waals surface area contributed by atoms with E-state index in [4.69, 9.17) is 19.9 Å². The van der Waals surface area contributed by atoms with E-state index in [0.717, 1.165) is 6.54 Å². The number of thioether (sulfide) groups is 1. The van der Waals surface area contributed by atoms with Crippen LogP contribution in [0.2, 0.25) is 0 Å². The second kappa shape index (κ2) is 13.5. The number of halogens is 1. The molecule has 2 aliphatic rings. The number of hydrogen-bond donors (Lipinski definition) is 3. The number of sulfonamides is 1. The van der Waals surface area contributed by atoms with Crippen molar-refractivity contribution in [3.8, 4) is 5.75 Å². The van der Waals surface area contributed by atoms with Gasteiger partial charge >= 0.3 is 11.9 Å². The molecule has 0 spiro atoms. The third kappa shape index (κ3) is 8.12. The molecule has 1 fully saturated rings. The smallest absolute Gasteiger partial charge is 0.321 e. The van der Waals surface area contributed by atoms with Gasteiger partial charge in [0.25, 0.3) is 0 Å². The molecule has 196 valence electrons. The Balaban J connectivity index is 0.000000262. The summed E-state index contributed by atoms with van der Waals surface area (Å²) in [6.45, 7) is 2.25. The molecule has 10 nitrogen and oxygen atoms in total. The van der Waals surface area contributed by atoms with Gasteiger partial charge in [0.1, 0.15) is 11.8 Å². The Morgan fingerprint density at radius 1 is 1.17 bits per heavy atom. The Bertz CT molecular complexity index is 1160. The highest BCUT2D eigenvalue weighted by Crippen LogP contribution is 2.31. The lowest BCUT2D eigenvalue weighted by Gasteiger charge is -2.14. The van der Waals surface area contributed by atoms with Crippen LogP contribution in [-0.2, 0) is 19.6 Å². The van der Waals surface area contributed by atoms with E-state index in [1.54, 1.807) is 0 Å². The highest BCUT2D eigenvalue weighted by atomic mass is 35.5. The number of nitrogens with zero attached hydrogens (tertiary/aromatic N) is 2. The maximum absolute atomic E-state index is 12.0. The Kier molecular flexibility index (Phi) is 11.0. The number of nitrogens with one attached hydrogen (secondary N) is 1. The van der Waals surface area contributed by atoms with Gasteiger partial charge in [-0.25, -0.2) is 8.42 Å². The van der Waals surface area contributed by atoms with Gasteiger partial charge in [-0.2, -0.15) is 4.72 Å². The number of methoxy groups -OCH3 is 1. The van der Waals surface area contributed by atoms with Crippen LogP contribution in [0.4, 0.5) is 0 Å². The molecule has 0 amide bonds. The highest BCUT2D eigenvalue weighted by Gasteiger charge is 2.30. The Labute approximate surface area is 220 Å². The number of rotatable bonds is 9. The quantitative estimate of drug-likeness (QED) is 0.423. The van der Waals surface area contributed by atoms with Crippen molar-refractivity contribution >= 4 is 51.3 Å². The van der Waals surface area contributed by atoms with E-state index in [9.17, 15) is 18.0 Å². The van der Waals surface area contributed by atoms with Crippen molar-refractivity contribution in [1.82, 2.24) is 9.62 Å². The third-order valence-corrected chi connectivity index (χ3v) is 7.82. The number of fused-ring (bicyclic) bond motifs is 1. The molecule has 0 unspecified atom stereocenters. The normalized spacial score (nSPS) is 17.1. The standard InChI is InChI=1S/C12H15NO7S.C11H12N2S.ClH/c1-20-8-2-4-9(5-3-8)21(18,19)13-10(12(16)17)6-7-11(14)15;1-2-4-9(5-3-1)10-8-13-6-7-14-11(13)12-10;/h2-5,10,13H,6-7H2,1H3,(H,14,15)(H,16,17);1-5,10H,6-8H2;1H/t2*10-;/m01./s1. The molecule has 1 saturated heterocycles. The lowest BCUT2D eigenvalue weighted by atomic mass is 10.1. The van der Waals surface area contributed by atoms with Crippen LogP contribution in [0.25, 0.3) is 0 Å². The molecule has 0 aromatic heterocycles. The Morgan fingerprint density at radius 3 is 2.39 bits per heavy atom. The van der Waals surface area contributed by atoms with Crippen molar-refractivity contribution in [2.75, 3.05) is 26.0 Å². The summed E-state index contributed by atoms with van der Waals surface area (Å²) in [6, 6.07) is 14.8. The van der Waals surface area contributed by atoms with Gasteiger partial charge in [0.05, 0.1) is 18.0 Å². The molecule has 0 radical (unpaired) electrons. The van der Waals surface area contributed by atoms with Crippen molar-refractivity contribution in [3.05, 3.63) is 60.2 Å². The second-order valence-electron chi connectivity index (χ2n) is 7.75. The fraction of sp³-hybridized carbons (Fsp3) is 0.348. The number of aliphatic carboxylic acids is 2. The topological polar surface area (TPSA) is 146 Å². The fourth-order valence-electron chi connectivity index (χ4n) is 3.47. The summed E-state index contributed by atoms with van der Waals surface area (Å²) < 4.78 is 30.9. The molecule has 0 bridgehead atoms. The van der Waals surface area contributed by atoms with Crippen LogP contribution < -0.4 is 9.46 Å². The van der Waals surface area contributed by atoms with Crippen molar-refractivity contribution in [2.45, 2.75) is 29.8 Å². The molecule has 0 aliphatic carbocycles. The first-order valence-corrected chi connectivity index (χ1v) is 13.3. The number of carboxylic acids is 2. The number of aliphatic imine (C=N–C) groups is 1. The van der Waals surface area contributed by atoms with Crippen molar-refractivity contribution < 1.29 is 33.0 Å². The maximum atomic E-state index is 12.0. The first-order chi connectivity index (χ1) is 16.7. The van der Waals surface area contributed by atoms with Gasteiger partial charge in [0.15, 0.2) is 5.17 Å². The molecule has 2 aromatic rings. The largest absolute Gasteiger partial charge is 0.497 e. The number of carbonyl (C=O) groups is 2. The fourth-order valence-corrected chi connectivity index (χ4v) is 5.74. The molecular weight excluding hydrogens is 530 g/mol. The molecule has 2 heterocycles. The number of ether oxygens (including phenoxy) is 1. The monoisotopic (exact) mass is 557 g/mol. The zero-order chi connectivity index (χ0) is 25.4. The SMILES string of the molecule is COc1ccc(S(=O)(=O)N[C@@H](CCC(=O)O)C(=O)O)cc1.Cl.c1ccc([C@H]2CN3CCSC3=N2)cc1. The summed E-state index contributed by atoms with van der Waals surface area (Å²) in [6.07, 6.45) is -0.803.